The Labute approximate surface area is 125 Å². The predicted molar refractivity (Wildman–Crippen MR) is 82.4 cm³/mol. The van der Waals surface area contributed by atoms with Gasteiger partial charge in [-0.1, -0.05) is 12.5 Å². The summed E-state index contributed by atoms with van der Waals surface area (Å²) in [6.07, 6.45) is 5.51. The highest BCUT2D eigenvalue weighted by atomic mass is 16.5. The fourth-order valence-corrected chi connectivity index (χ4v) is 3.78. The lowest BCUT2D eigenvalue weighted by atomic mass is 9.86. The van der Waals surface area contributed by atoms with Crippen molar-refractivity contribution in [2.45, 2.75) is 59.5 Å². The summed E-state index contributed by atoms with van der Waals surface area (Å²) in [5, 5.41) is 10.7. The molecule has 0 spiro atoms. The van der Waals surface area contributed by atoms with Crippen molar-refractivity contribution < 1.29 is 14.6 Å². The van der Waals surface area contributed by atoms with Crippen molar-refractivity contribution in [1.82, 2.24) is 0 Å². The van der Waals surface area contributed by atoms with Crippen LogP contribution in [0, 0.1) is 6.92 Å². The minimum Gasteiger partial charge on any atom is -0.506 e. The Hall–Kier alpha value is -1.77. The van der Waals surface area contributed by atoms with Crippen molar-refractivity contribution in [3.8, 4) is 5.75 Å². The maximum absolute atomic E-state index is 11.9. The fourth-order valence-electron chi connectivity index (χ4n) is 3.78. The Bertz CT molecular complexity index is 645. The van der Waals surface area contributed by atoms with Gasteiger partial charge in [0.1, 0.15) is 17.9 Å². The van der Waals surface area contributed by atoms with Crippen LogP contribution in [-0.2, 0) is 17.8 Å². The first-order chi connectivity index (χ1) is 10.1. The summed E-state index contributed by atoms with van der Waals surface area (Å²) in [7, 11) is 0. The van der Waals surface area contributed by atoms with Crippen molar-refractivity contribution in [3.05, 3.63) is 33.4 Å². The molecule has 1 N–H and O–H groups in total. The van der Waals surface area contributed by atoms with Crippen molar-refractivity contribution in [1.29, 1.82) is 0 Å². The minimum absolute atomic E-state index is 0.131. The molecule has 0 amide bonds. The van der Waals surface area contributed by atoms with Crippen LogP contribution in [0.2, 0.25) is 0 Å². The monoisotopic (exact) mass is 286 g/mol. The number of carbonyl (C=O) groups is 1. The molecular weight excluding hydrogens is 264 g/mol. The SMILES string of the molecule is CCc1c(C)c2c(c(O)c1C(C)=C1CCCC1)C(=O)OC2. The lowest BCUT2D eigenvalue weighted by Gasteiger charge is -2.18. The van der Waals surface area contributed by atoms with Gasteiger partial charge in [-0.25, -0.2) is 4.79 Å². The summed E-state index contributed by atoms with van der Waals surface area (Å²) in [5.41, 5.74) is 6.97. The number of cyclic esters (lactones) is 1. The highest BCUT2D eigenvalue weighted by Gasteiger charge is 2.32. The van der Waals surface area contributed by atoms with E-state index in [0.717, 1.165) is 47.1 Å². The fraction of sp³-hybridized carbons (Fsp3) is 0.500. The maximum atomic E-state index is 11.9. The molecule has 1 fully saturated rings. The Kier molecular flexibility index (Phi) is 3.52. The van der Waals surface area contributed by atoms with Crippen LogP contribution in [0.5, 0.6) is 5.75 Å². The average molecular weight is 286 g/mol. The van der Waals surface area contributed by atoms with E-state index < -0.39 is 5.97 Å². The zero-order valence-electron chi connectivity index (χ0n) is 13.0. The second kappa shape index (κ2) is 5.21. The Morgan fingerprint density at radius 3 is 2.57 bits per heavy atom. The molecule has 0 bridgehead atoms. The number of carbonyl (C=O) groups excluding carboxylic acids is 1. The molecule has 1 aliphatic carbocycles. The number of fused-ring (bicyclic) bond motifs is 1. The van der Waals surface area contributed by atoms with E-state index in [9.17, 15) is 9.90 Å². The van der Waals surface area contributed by atoms with Gasteiger partial charge in [0.15, 0.2) is 0 Å². The molecule has 1 aromatic rings. The molecule has 1 aromatic carbocycles. The molecule has 2 aliphatic rings. The number of hydrogen-bond acceptors (Lipinski definition) is 3. The van der Waals surface area contributed by atoms with Gasteiger partial charge in [0, 0.05) is 11.1 Å². The van der Waals surface area contributed by atoms with Gasteiger partial charge in [-0.2, -0.15) is 0 Å². The van der Waals surface area contributed by atoms with Crippen LogP contribution in [0.15, 0.2) is 5.57 Å². The standard InChI is InChI=1S/C18H22O3/c1-4-13-11(3)14-9-21-18(20)16(14)17(19)15(13)10(2)12-7-5-6-8-12/h19H,4-9H2,1-3H3. The van der Waals surface area contributed by atoms with Crippen LogP contribution in [-0.4, -0.2) is 11.1 Å². The van der Waals surface area contributed by atoms with Crippen LogP contribution in [0.25, 0.3) is 5.57 Å². The molecule has 112 valence electrons. The van der Waals surface area contributed by atoms with Gasteiger partial charge in [-0.15, -0.1) is 0 Å². The van der Waals surface area contributed by atoms with Crippen LogP contribution >= 0.6 is 0 Å². The second-order valence-corrected chi connectivity index (χ2v) is 6.05. The van der Waals surface area contributed by atoms with E-state index in [1.54, 1.807) is 0 Å². The topological polar surface area (TPSA) is 46.5 Å². The molecule has 1 aliphatic heterocycles. The van der Waals surface area contributed by atoms with Crippen LogP contribution in [0.3, 0.4) is 0 Å². The quantitative estimate of drug-likeness (QED) is 0.825. The van der Waals surface area contributed by atoms with E-state index in [-0.39, 0.29) is 12.4 Å². The molecule has 1 heterocycles. The Morgan fingerprint density at radius 2 is 1.95 bits per heavy atom. The molecular formula is C18H22O3. The number of benzene rings is 1. The number of hydrogen-bond donors (Lipinski definition) is 1. The van der Waals surface area contributed by atoms with E-state index in [0.29, 0.717) is 5.56 Å². The number of ether oxygens (including phenoxy) is 1. The number of aromatic hydroxyl groups is 1. The van der Waals surface area contributed by atoms with Gasteiger partial charge in [-0.3, -0.25) is 0 Å². The van der Waals surface area contributed by atoms with Gasteiger partial charge >= 0.3 is 5.97 Å². The van der Waals surface area contributed by atoms with Crippen molar-refractivity contribution in [2.75, 3.05) is 0 Å². The van der Waals surface area contributed by atoms with Gasteiger partial charge in [0.2, 0.25) is 0 Å². The number of phenols is 1. The summed E-state index contributed by atoms with van der Waals surface area (Å²) < 4.78 is 5.13. The molecule has 0 aromatic heterocycles. The number of allylic oxidation sites excluding steroid dienone is 2. The molecule has 0 saturated heterocycles. The summed E-state index contributed by atoms with van der Waals surface area (Å²) >= 11 is 0. The second-order valence-electron chi connectivity index (χ2n) is 6.05. The molecule has 0 radical (unpaired) electrons. The first kappa shape index (κ1) is 14.2. The average Bonchev–Trinajstić information content (AvgIpc) is 3.11. The number of rotatable bonds is 2. The third-order valence-corrected chi connectivity index (χ3v) is 5.00. The van der Waals surface area contributed by atoms with Gasteiger partial charge in [-0.05, 0) is 62.7 Å². The largest absolute Gasteiger partial charge is 0.506 e. The van der Waals surface area contributed by atoms with Crippen molar-refractivity contribution in [2.24, 2.45) is 0 Å². The van der Waals surface area contributed by atoms with E-state index in [2.05, 4.69) is 13.8 Å². The smallest absolute Gasteiger partial charge is 0.342 e. The lowest BCUT2D eigenvalue weighted by Crippen LogP contribution is -2.04. The summed E-state index contributed by atoms with van der Waals surface area (Å²) in [6, 6.07) is 0. The first-order valence-corrected chi connectivity index (χ1v) is 7.79. The van der Waals surface area contributed by atoms with E-state index in [1.165, 1.54) is 18.4 Å². The van der Waals surface area contributed by atoms with Gasteiger partial charge in [0.25, 0.3) is 0 Å². The molecule has 3 nitrogen and oxygen atoms in total. The number of esters is 1. The predicted octanol–water partition coefficient (Wildman–Crippen LogP) is 4.28. The third-order valence-electron chi connectivity index (χ3n) is 5.00. The summed E-state index contributed by atoms with van der Waals surface area (Å²) in [5.74, 6) is -0.259. The zero-order chi connectivity index (χ0) is 15.1. The highest BCUT2D eigenvalue weighted by molar-refractivity contribution is 5.99. The molecule has 1 saturated carbocycles. The third kappa shape index (κ3) is 2.06. The highest BCUT2D eigenvalue weighted by Crippen LogP contribution is 2.43. The van der Waals surface area contributed by atoms with Gasteiger partial charge in [0.05, 0.1) is 0 Å². The van der Waals surface area contributed by atoms with E-state index in [1.807, 2.05) is 6.92 Å². The van der Waals surface area contributed by atoms with Crippen molar-refractivity contribution >= 4 is 11.5 Å². The van der Waals surface area contributed by atoms with E-state index in [4.69, 9.17) is 4.74 Å². The molecule has 3 rings (SSSR count). The summed E-state index contributed by atoms with van der Waals surface area (Å²) in [6.45, 7) is 6.51. The molecule has 21 heavy (non-hydrogen) atoms. The Morgan fingerprint density at radius 1 is 1.29 bits per heavy atom. The molecule has 3 heteroatoms. The van der Waals surface area contributed by atoms with Gasteiger partial charge < -0.3 is 9.84 Å². The van der Waals surface area contributed by atoms with Crippen molar-refractivity contribution in [3.63, 3.8) is 0 Å². The van der Waals surface area contributed by atoms with Crippen LogP contribution < -0.4 is 0 Å². The Balaban J connectivity index is 2.30. The number of phenolic OH excluding ortho intramolecular Hbond substituents is 1. The molecule has 0 atom stereocenters. The minimum atomic E-state index is -0.390. The van der Waals surface area contributed by atoms with E-state index >= 15 is 0 Å². The molecule has 0 unspecified atom stereocenters. The van der Waals surface area contributed by atoms with Crippen LogP contribution in [0.1, 0.15) is 72.1 Å². The normalized spacial score (nSPS) is 17.1. The van der Waals surface area contributed by atoms with Crippen LogP contribution in [0.4, 0.5) is 0 Å². The first-order valence-electron chi connectivity index (χ1n) is 7.79. The zero-order valence-corrected chi connectivity index (χ0v) is 13.0. The summed E-state index contributed by atoms with van der Waals surface area (Å²) in [4.78, 5) is 11.9. The lowest BCUT2D eigenvalue weighted by molar-refractivity contribution is 0.0533. The maximum Gasteiger partial charge on any atom is 0.342 e.